The lowest BCUT2D eigenvalue weighted by atomic mass is 10.0. The molecule has 2 atom stereocenters. The molecule has 1 N–H and O–H groups in total. The molecule has 1 heterocycles. The highest BCUT2D eigenvalue weighted by atomic mass is 16.3. The molecule has 2 heteroatoms. The molecule has 1 aliphatic rings. The topological polar surface area (TPSA) is 23.5 Å². The van der Waals surface area contributed by atoms with Crippen molar-refractivity contribution in [2.45, 2.75) is 58.7 Å². The van der Waals surface area contributed by atoms with Gasteiger partial charge in [-0.15, -0.1) is 0 Å². The Morgan fingerprint density at radius 1 is 1.35 bits per heavy atom. The lowest BCUT2D eigenvalue weighted by Gasteiger charge is -2.32. The highest BCUT2D eigenvalue weighted by Crippen LogP contribution is 2.37. The van der Waals surface area contributed by atoms with Gasteiger partial charge in [0.25, 0.3) is 0 Å². The van der Waals surface area contributed by atoms with Crippen LogP contribution in [-0.4, -0.2) is 23.3 Å². The molecule has 2 unspecified atom stereocenters. The van der Waals surface area contributed by atoms with Crippen LogP contribution in [0.5, 0.6) is 0 Å². The van der Waals surface area contributed by atoms with E-state index in [9.17, 15) is 5.11 Å². The number of rotatable bonds is 3. The minimum atomic E-state index is -0.226. The number of aryl methyl sites for hydroxylation is 1. The van der Waals surface area contributed by atoms with Gasteiger partial charge in [-0.05, 0) is 57.7 Å². The third-order valence-corrected chi connectivity index (χ3v) is 3.67. The third kappa shape index (κ3) is 2.32. The van der Waals surface area contributed by atoms with Gasteiger partial charge in [-0.3, -0.25) is 0 Å². The smallest absolute Gasteiger partial charge is 0.0531 e. The summed E-state index contributed by atoms with van der Waals surface area (Å²) in [4.78, 5) is 2.47. The fourth-order valence-electron chi connectivity index (χ4n) is 3.02. The maximum atomic E-state index is 9.63. The third-order valence-electron chi connectivity index (χ3n) is 3.67. The Balaban J connectivity index is 2.34. The minimum absolute atomic E-state index is 0.226. The molecule has 0 fully saturated rings. The van der Waals surface area contributed by atoms with Crippen molar-refractivity contribution >= 4 is 5.69 Å². The van der Waals surface area contributed by atoms with E-state index in [0.29, 0.717) is 12.1 Å². The van der Waals surface area contributed by atoms with E-state index >= 15 is 0 Å². The van der Waals surface area contributed by atoms with Crippen molar-refractivity contribution in [3.8, 4) is 0 Å². The van der Waals surface area contributed by atoms with E-state index < -0.39 is 0 Å². The molecule has 0 bridgehead atoms. The van der Waals surface area contributed by atoms with Crippen LogP contribution in [0.2, 0.25) is 0 Å². The van der Waals surface area contributed by atoms with Crippen molar-refractivity contribution in [3.05, 3.63) is 29.3 Å². The second-order valence-electron chi connectivity index (χ2n) is 5.52. The largest absolute Gasteiger partial charge is 0.393 e. The summed E-state index contributed by atoms with van der Waals surface area (Å²) in [5.41, 5.74) is 4.21. The Bertz CT molecular complexity index is 398. The van der Waals surface area contributed by atoms with Gasteiger partial charge >= 0.3 is 0 Å². The molecule has 94 valence electrons. The van der Waals surface area contributed by atoms with Gasteiger partial charge < -0.3 is 10.0 Å². The molecular formula is C15H23NO. The van der Waals surface area contributed by atoms with Gasteiger partial charge in [-0.2, -0.15) is 0 Å². The molecule has 0 aromatic heterocycles. The Labute approximate surface area is 104 Å². The lowest BCUT2D eigenvalue weighted by Crippen LogP contribution is -2.39. The summed E-state index contributed by atoms with van der Waals surface area (Å²) in [6.45, 7) is 8.52. The standard InChI is InChI=1S/C15H23NO/c1-10(2)16-13(8-12(4)17)9-14-11(3)6-5-7-15(14)16/h5-7,10,12-13,17H,8-9H2,1-4H3. The van der Waals surface area contributed by atoms with E-state index in [1.54, 1.807) is 0 Å². The Kier molecular flexibility index (Phi) is 3.43. The van der Waals surface area contributed by atoms with Gasteiger partial charge in [-0.1, -0.05) is 12.1 Å². The molecule has 1 aliphatic heterocycles. The molecule has 1 aromatic carbocycles. The zero-order chi connectivity index (χ0) is 12.6. The van der Waals surface area contributed by atoms with E-state index in [1.807, 2.05) is 6.92 Å². The monoisotopic (exact) mass is 233 g/mol. The second kappa shape index (κ2) is 4.69. The fourth-order valence-corrected chi connectivity index (χ4v) is 3.02. The average molecular weight is 233 g/mol. The van der Waals surface area contributed by atoms with Crippen LogP contribution < -0.4 is 4.90 Å². The van der Waals surface area contributed by atoms with Gasteiger partial charge in [0.2, 0.25) is 0 Å². The summed E-state index contributed by atoms with van der Waals surface area (Å²) in [6.07, 6.45) is 1.70. The van der Waals surface area contributed by atoms with E-state index in [4.69, 9.17) is 0 Å². The maximum Gasteiger partial charge on any atom is 0.0531 e. The number of fused-ring (bicyclic) bond motifs is 1. The minimum Gasteiger partial charge on any atom is -0.393 e. The van der Waals surface area contributed by atoms with E-state index in [-0.39, 0.29) is 6.10 Å². The summed E-state index contributed by atoms with van der Waals surface area (Å²) in [6, 6.07) is 7.47. The van der Waals surface area contributed by atoms with E-state index in [2.05, 4.69) is 43.9 Å². The first-order valence-corrected chi connectivity index (χ1v) is 6.55. The van der Waals surface area contributed by atoms with Gasteiger partial charge in [0.1, 0.15) is 0 Å². The first kappa shape index (κ1) is 12.4. The number of benzene rings is 1. The first-order chi connectivity index (χ1) is 8.00. The van der Waals surface area contributed by atoms with E-state index in [1.165, 1.54) is 16.8 Å². The predicted molar refractivity (Wildman–Crippen MR) is 72.6 cm³/mol. The van der Waals surface area contributed by atoms with E-state index in [0.717, 1.165) is 12.8 Å². The maximum absolute atomic E-state index is 9.63. The molecule has 0 amide bonds. The van der Waals surface area contributed by atoms with Crippen LogP contribution in [0.4, 0.5) is 5.69 Å². The average Bonchev–Trinajstić information content (AvgIpc) is 2.56. The fraction of sp³-hybridized carbons (Fsp3) is 0.600. The quantitative estimate of drug-likeness (QED) is 0.867. The summed E-state index contributed by atoms with van der Waals surface area (Å²) >= 11 is 0. The highest BCUT2D eigenvalue weighted by molar-refractivity contribution is 5.62. The Hall–Kier alpha value is -1.02. The van der Waals surface area contributed by atoms with Crippen molar-refractivity contribution in [1.29, 1.82) is 0 Å². The summed E-state index contributed by atoms with van der Waals surface area (Å²) < 4.78 is 0. The number of aliphatic hydroxyl groups excluding tert-OH is 1. The predicted octanol–water partition coefficient (Wildman–Crippen LogP) is 2.91. The molecule has 2 nitrogen and oxygen atoms in total. The van der Waals surface area contributed by atoms with Crippen molar-refractivity contribution in [2.75, 3.05) is 4.90 Å². The molecule has 0 spiro atoms. The summed E-state index contributed by atoms with van der Waals surface area (Å²) in [5.74, 6) is 0. The molecule has 2 rings (SSSR count). The zero-order valence-corrected chi connectivity index (χ0v) is 11.3. The van der Waals surface area contributed by atoms with Crippen LogP contribution in [0.15, 0.2) is 18.2 Å². The van der Waals surface area contributed by atoms with Crippen molar-refractivity contribution in [2.24, 2.45) is 0 Å². The Morgan fingerprint density at radius 3 is 2.65 bits per heavy atom. The van der Waals surface area contributed by atoms with Gasteiger partial charge in [0.05, 0.1) is 6.10 Å². The normalized spacial score (nSPS) is 20.8. The molecular weight excluding hydrogens is 210 g/mol. The van der Waals surface area contributed by atoms with Crippen LogP contribution in [-0.2, 0) is 6.42 Å². The number of hydrogen-bond acceptors (Lipinski definition) is 2. The lowest BCUT2D eigenvalue weighted by molar-refractivity contribution is 0.173. The summed E-state index contributed by atoms with van der Waals surface area (Å²) in [5, 5.41) is 9.63. The van der Waals surface area contributed by atoms with Crippen LogP contribution >= 0.6 is 0 Å². The molecule has 0 saturated heterocycles. The van der Waals surface area contributed by atoms with Gasteiger partial charge in [0, 0.05) is 17.8 Å². The first-order valence-electron chi connectivity index (χ1n) is 6.55. The summed E-state index contributed by atoms with van der Waals surface area (Å²) in [7, 11) is 0. The second-order valence-corrected chi connectivity index (χ2v) is 5.52. The molecule has 0 radical (unpaired) electrons. The number of hydrogen-bond donors (Lipinski definition) is 1. The van der Waals surface area contributed by atoms with Crippen LogP contribution in [0.25, 0.3) is 0 Å². The van der Waals surface area contributed by atoms with Crippen molar-refractivity contribution in [3.63, 3.8) is 0 Å². The number of anilines is 1. The number of aliphatic hydroxyl groups is 1. The molecule has 1 aromatic rings. The van der Waals surface area contributed by atoms with Crippen LogP contribution in [0, 0.1) is 6.92 Å². The molecule has 0 saturated carbocycles. The highest BCUT2D eigenvalue weighted by Gasteiger charge is 2.32. The van der Waals surface area contributed by atoms with Crippen molar-refractivity contribution < 1.29 is 5.11 Å². The zero-order valence-electron chi connectivity index (χ0n) is 11.3. The SMILES string of the molecule is Cc1cccc2c1CC(CC(C)O)N2C(C)C. The van der Waals surface area contributed by atoms with Crippen LogP contribution in [0.3, 0.4) is 0 Å². The van der Waals surface area contributed by atoms with Crippen molar-refractivity contribution in [1.82, 2.24) is 0 Å². The molecule has 0 aliphatic carbocycles. The Morgan fingerprint density at radius 2 is 2.06 bits per heavy atom. The van der Waals surface area contributed by atoms with Gasteiger partial charge in [0.15, 0.2) is 0 Å². The van der Waals surface area contributed by atoms with Gasteiger partial charge in [-0.25, -0.2) is 0 Å². The number of nitrogens with zero attached hydrogens (tertiary/aromatic N) is 1. The van der Waals surface area contributed by atoms with Crippen LogP contribution in [0.1, 0.15) is 38.3 Å². The molecule has 17 heavy (non-hydrogen) atoms.